The molecule has 5 rings (SSSR count). The van der Waals surface area contributed by atoms with E-state index >= 15 is 0 Å². The molecule has 2 aromatic heterocycles. The number of hydrogen-bond acceptors (Lipinski definition) is 4. The fourth-order valence-corrected chi connectivity index (χ4v) is 4.42. The number of aliphatic hydroxyl groups is 1. The number of aromatic nitrogens is 4. The van der Waals surface area contributed by atoms with Crippen LogP contribution in [0.15, 0.2) is 67.0 Å². The van der Waals surface area contributed by atoms with E-state index in [1.165, 1.54) is 0 Å². The Labute approximate surface area is 191 Å². The lowest BCUT2D eigenvalue weighted by molar-refractivity contribution is 0.114. The number of hydrogen-bond donors (Lipinski definition) is 3. The molecule has 0 bridgehead atoms. The molecule has 3 N–H and O–H groups in total. The summed E-state index contributed by atoms with van der Waals surface area (Å²) in [7, 11) is 1.85. The van der Waals surface area contributed by atoms with Gasteiger partial charge >= 0.3 is 6.03 Å². The monoisotopic (exact) mass is 442 g/mol. The lowest BCUT2D eigenvalue weighted by Gasteiger charge is -2.31. The molecule has 168 valence electrons. The molecule has 0 unspecified atom stereocenters. The van der Waals surface area contributed by atoms with Crippen LogP contribution in [0.5, 0.6) is 0 Å². The van der Waals surface area contributed by atoms with Crippen LogP contribution in [0.3, 0.4) is 0 Å². The van der Waals surface area contributed by atoms with Gasteiger partial charge in [0.05, 0.1) is 24.0 Å². The average molecular weight is 443 g/mol. The van der Waals surface area contributed by atoms with Crippen LogP contribution in [0.2, 0.25) is 0 Å². The number of aliphatic hydroxyl groups excluding tert-OH is 1. The second-order valence-electron chi connectivity index (χ2n) is 8.35. The van der Waals surface area contributed by atoms with E-state index in [1.807, 2.05) is 74.8 Å². The van der Waals surface area contributed by atoms with Gasteiger partial charge in [0.15, 0.2) is 0 Å². The SMILES string of the molecule is Cc1c(-c2cnn(C)c2)nn(-c2ccccc2)c1NC(=O)N[C@@H]1c2ccccc2CC[C@H]1O. The van der Waals surface area contributed by atoms with E-state index in [9.17, 15) is 9.90 Å². The first kappa shape index (κ1) is 21.0. The highest BCUT2D eigenvalue weighted by molar-refractivity contribution is 5.91. The molecule has 0 saturated heterocycles. The number of benzene rings is 2. The molecular formula is C25H26N6O2. The molecule has 0 saturated carbocycles. The predicted molar refractivity (Wildman–Crippen MR) is 126 cm³/mol. The Hall–Kier alpha value is -3.91. The molecule has 2 amide bonds. The van der Waals surface area contributed by atoms with Gasteiger partial charge in [-0.1, -0.05) is 42.5 Å². The largest absolute Gasteiger partial charge is 0.391 e. The maximum Gasteiger partial charge on any atom is 0.320 e. The Bertz CT molecular complexity index is 1290. The summed E-state index contributed by atoms with van der Waals surface area (Å²) in [5.41, 5.74) is 5.36. The molecule has 4 aromatic rings. The predicted octanol–water partition coefficient (Wildman–Crippen LogP) is 3.75. The number of nitrogens with one attached hydrogen (secondary N) is 2. The molecule has 0 fully saturated rings. The number of amides is 2. The van der Waals surface area contributed by atoms with Crippen LogP contribution < -0.4 is 10.6 Å². The number of urea groups is 1. The van der Waals surface area contributed by atoms with Gasteiger partial charge < -0.3 is 10.4 Å². The normalized spacial score (nSPS) is 17.4. The number of para-hydroxylation sites is 1. The average Bonchev–Trinajstić information content (AvgIpc) is 3.39. The Morgan fingerprint density at radius 1 is 1.12 bits per heavy atom. The highest BCUT2D eigenvalue weighted by Gasteiger charge is 2.30. The maximum atomic E-state index is 13.1. The van der Waals surface area contributed by atoms with Crippen molar-refractivity contribution in [2.24, 2.45) is 7.05 Å². The second-order valence-corrected chi connectivity index (χ2v) is 8.35. The summed E-state index contributed by atoms with van der Waals surface area (Å²) in [6.07, 6.45) is 4.41. The Balaban J connectivity index is 1.48. The molecule has 2 aromatic carbocycles. The summed E-state index contributed by atoms with van der Waals surface area (Å²) in [6, 6.07) is 16.7. The first-order chi connectivity index (χ1) is 16.0. The van der Waals surface area contributed by atoms with E-state index in [1.54, 1.807) is 15.6 Å². The maximum absolute atomic E-state index is 13.1. The number of carbonyl (C=O) groups is 1. The molecule has 0 spiro atoms. The van der Waals surface area contributed by atoms with E-state index < -0.39 is 18.2 Å². The quantitative estimate of drug-likeness (QED) is 0.448. The van der Waals surface area contributed by atoms with Crippen molar-refractivity contribution >= 4 is 11.8 Å². The van der Waals surface area contributed by atoms with Gasteiger partial charge in [-0.2, -0.15) is 10.2 Å². The smallest absolute Gasteiger partial charge is 0.320 e. The van der Waals surface area contributed by atoms with Crippen LogP contribution in [0.1, 0.15) is 29.2 Å². The van der Waals surface area contributed by atoms with E-state index in [0.29, 0.717) is 12.2 Å². The van der Waals surface area contributed by atoms with Gasteiger partial charge in [0.25, 0.3) is 0 Å². The third-order valence-corrected chi connectivity index (χ3v) is 6.10. The van der Waals surface area contributed by atoms with Crippen LogP contribution in [0, 0.1) is 6.92 Å². The summed E-state index contributed by atoms with van der Waals surface area (Å²) < 4.78 is 3.44. The van der Waals surface area contributed by atoms with Crippen molar-refractivity contribution in [3.63, 3.8) is 0 Å². The van der Waals surface area contributed by atoms with Crippen molar-refractivity contribution in [3.05, 3.63) is 83.7 Å². The van der Waals surface area contributed by atoms with Crippen LogP contribution in [-0.4, -0.2) is 36.8 Å². The van der Waals surface area contributed by atoms with E-state index in [4.69, 9.17) is 5.10 Å². The zero-order chi connectivity index (χ0) is 22.9. The fourth-order valence-electron chi connectivity index (χ4n) is 4.42. The van der Waals surface area contributed by atoms with Crippen molar-refractivity contribution in [3.8, 4) is 16.9 Å². The minimum absolute atomic E-state index is 0.395. The zero-order valence-corrected chi connectivity index (χ0v) is 18.6. The van der Waals surface area contributed by atoms with Gasteiger partial charge in [0, 0.05) is 24.4 Å². The summed E-state index contributed by atoms with van der Waals surface area (Å²) >= 11 is 0. The van der Waals surface area contributed by atoms with E-state index in [2.05, 4.69) is 15.7 Å². The number of carbonyl (C=O) groups excluding carboxylic acids is 1. The lowest BCUT2D eigenvalue weighted by Crippen LogP contribution is -2.41. The third-order valence-electron chi connectivity index (χ3n) is 6.10. The molecule has 1 aliphatic rings. The van der Waals surface area contributed by atoms with Crippen molar-refractivity contribution < 1.29 is 9.90 Å². The minimum atomic E-state index is -0.642. The van der Waals surface area contributed by atoms with Crippen LogP contribution in [-0.2, 0) is 13.5 Å². The molecular weight excluding hydrogens is 416 g/mol. The number of rotatable bonds is 4. The van der Waals surface area contributed by atoms with Crippen LogP contribution >= 0.6 is 0 Å². The van der Waals surface area contributed by atoms with Crippen molar-refractivity contribution in [1.82, 2.24) is 24.9 Å². The van der Waals surface area contributed by atoms with Gasteiger partial charge in [0.2, 0.25) is 0 Å². The second kappa shape index (κ2) is 8.55. The minimum Gasteiger partial charge on any atom is -0.391 e. The van der Waals surface area contributed by atoms with E-state index in [-0.39, 0.29) is 0 Å². The Morgan fingerprint density at radius 2 is 1.88 bits per heavy atom. The highest BCUT2D eigenvalue weighted by Crippen LogP contribution is 2.32. The van der Waals surface area contributed by atoms with Gasteiger partial charge in [-0.05, 0) is 43.0 Å². The molecule has 2 heterocycles. The summed E-state index contributed by atoms with van der Waals surface area (Å²) in [5, 5.41) is 25.6. The highest BCUT2D eigenvalue weighted by atomic mass is 16.3. The van der Waals surface area contributed by atoms with Crippen molar-refractivity contribution in [2.75, 3.05) is 5.32 Å². The summed E-state index contributed by atoms with van der Waals surface area (Å²) in [4.78, 5) is 13.1. The molecule has 0 radical (unpaired) electrons. The van der Waals surface area contributed by atoms with Crippen molar-refractivity contribution in [1.29, 1.82) is 0 Å². The van der Waals surface area contributed by atoms with Gasteiger partial charge in [0.1, 0.15) is 11.5 Å². The molecule has 33 heavy (non-hydrogen) atoms. The van der Waals surface area contributed by atoms with Gasteiger partial charge in [-0.15, -0.1) is 0 Å². The van der Waals surface area contributed by atoms with Crippen molar-refractivity contribution in [2.45, 2.75) is 31.9 Å². The topological polar surface area (TPSA) is 97.0 Å². The molecule has 2 atom stereocenters. The summed E-state index contributed by atoms with van der Waals surface area (Å²) in [5.74, 6) is 0.566. The molecule has 8 heteroatoms. The first-order valence-corrected chi connectivity index (χ1v) is 11.0. The number of aryl methyl sites for hydroxylation is 2. The number of anilines is 1. The van der Waals surface area contributed by atoms with E-state index in [0.717, 1.165) is 40.1 Å². The Morgan fingerprint density at radius 3 is 2.64 bits per heavy atom. The lowest BCUT2D eigenvalue weighted by atomic mass is 9.86. The van der Waals surface area contributed by atoms with Crippen LogP contribution in [0.4, 0.5) is 10.6 Å². The molecule has 0 aliphatic heterocycles. The number of nitrogens with zero attached hydrogens (tertiary/aromatic N) is 4. The first-order valence-electron chi connectivity index (χ1n) is 11.0. The Kier molecular flexibility index (Phi) is 5.43. The van der Waals surface area contributed by atoms with Gasteiger partial charge in [-0.3, -0.25) is 10.00 Å². The van der Waals surface area contributed by atoms with Crippen LogP contribution in [0.25, 0.3) is 16.9 Å². The zero-order valence-electron chi connectivity index (χ0n) is 18.6. The fraction of sp³-hybridized carbons (Fsp3) is 0.240. The molecule has 8 nitrogen and oxygen atoms in total. The standard InChI is InChI=1S/C25H26N6O2/c1-16-22(18-14-26-30(2)15-18)29-31(19-9-4-3-5-10-19)24(16)28-25(33)27-23-20-11-7-6-8-17(20)12-13-21(23)32/h3-11,14-15,21,23,32H,12-13H2,1-2H3,(H2,27,28,33)/t21-,23-/m1/s1. The molecule has 1 aliphatic carbocycles. The third kappa shape index (κ3) is 4.01. The summed E-state index contributed by atoms with van der Waals surface area (Å²) in [6.45, 7) is 1.93. The van der Waals surface area contributed by atoms with Gasteiger partial charge in [-0.25, -0.2) is 9.48 Å². The number of fused-ring (bicyclic) bond motifs is 1.